The van der Waals surface area contributed by atoms with Gasteiger partial charge in [0, 0.05) is 15.5 Å². The Labute approximate surface area is 232 Å². The number of rotatable bonds is 9. The number of anilines is 1. The van der Waals surface area contributed by atoms with E-state index in [2.05, 4.69) is 30.8 Å². The standard InChI is InChI=1S/C25H24Cl2N6O2S2/c1-13(2)20(29-23(35)17-10-9-16(26)11-18(17)27)22-31-25(33-32-22)36-12-19(34)28-24-30-21(14(3)37-24)15-7-5-4-6-8-15/h4-11,13,20H,12H2,1-3H3,(H,29,35)(H,28,30,34)(H,31,32,33)/t20-/m1/s1. The average molecular weight is 576 g/mol. The second-order valence-electron chi connectivity index (χ2n) is 8.45. The molecule has 2 aromatic carbocycles. The molecule has 0 saturated carbocycles. The predicted molar refractivity (Wildman–Crippen MR) is 150 cm³/mol. The average Bonchev–Trinajstić information content (AvgIpc) is 3.47. The number of carbonyl (C=O) groups excluding carboxylic acids is 2. The fourth-order valence-electron chi connectivity index (χ4n) is 3.50. The summed E-state index contributed by atoms with van der Waals surface area (Å²) in [5.74, 6) is 0.0422. The van der Waals surface area contributed by atoms with Gasteiger partial charge in [-0.3, -0.25) is 14.7 Å². The Morgan fingerprint density at radius 3 is 2.57 bits per heavy atom. The lowest BCUT2D eigenvalue weighted by atomic mass is 10.0. The fourth-order valence-corrected chi connectivity index (χ4v) is 5.46. The van der Waals surface area contributed by atoms with Crippen molar-refractivity contribution in [3.05, 3.63) is 74.8 Å². The number of carbonyl (C=O) groups is 2. The topological polar surface area (TPSA) is 113 Å². The van der Waals surface area contributed by atoms with E-state index in [1.165, 1.54) is 29.2 Å². The minimum Gasteiger partial charge on any atom is -0.342 e. The van der Waals surface area contributed by atoms with Crippen molar-refractivity contribution in [2.24, 2.45) is 5.92 Å². The number of aromatic nitrogens is 4. The molecule has 4 aromatic rings. The molecule has 4 rings (SSSR count). The van der Waals surface area contributed by atoms with Gasteiger partial charge in [-0.25, -0.2) is 9.97 Å². The fraction of sp³-hybridized carbons (Fsp3) is 0.240. The van der Waals surface area contributed by atoms with Crippen molar-refractivity contribution < 1.29 is 9.59 Å². The van der Waals surface area contributed by atoms with Crippen LogP contribution < -0.4 is 10.6 Å². The third-order valence-corrected chi connectivity index (χ3v) is 7.61. The van der Waals surface area contributed by atoms with Crippen molar-refractivity contribution in [3.8, 4) is 11.3 Å². The second kappa shape index (κ2) is 12.1. The summed E-state index contributed by atoms with van der Waals surface area (Å²) < 4.78 is 0. The first-order valence-corrected chi connectivity index (χ1v) is 13.9. The molecule has 0 aliphatic rings. The SMILES string of the molecule is Cc1sc(NC(=O)CSc2n[nH]c([C@H](NC(=O)c3ccc(Cl)cc3Cl)C(C)C)n2)nc1-c1ccccc1. The number of thioether (sulfide) groups is 1. The van der Waals surface area contributed by atoms with Crippen LogP contribution in [-0.2, 0) is 4.79 Å². The van der Waals surface area contributed by atoms with Gasteiger partial charge in [-0.15, -0.1) is 16.4 Å². The Kier molecular flexibility index (Phi) is 8.86. The van der Waals surface area contributed by atoms with Crippen LogP contribution in [-0.4, -0.2) is 37.7 Å². The van der Waals surface area contributed by atoms with Gasteiger partial charge in [0.1, 0.15) is 5.82 Å². The number of hydrogen-bond donors (Lipinski definition) is 3. The van der Waals surface area contributed by atoms with Gasteiger partial charge < -0.3 is 10.6 Å². The summed E-state index contributed by atoms with van der Waals surface area (Å²) in [6.45, 7) is 5.89. The molecular formula is C25H24Cl2N6O2S2. The summed E-state index contributed by atoms with van der Waals surface area (Å²) in [7, 11) is 0. The summed E-state index contributed by atoms with van der Waals surface area (Å²) in [6.07, 6.45) is 0. The number of H-pyrrole nitrogens is 1. The Morgan fingerprint density at radius 1 is 1.11 bits per heavy atom. The molecule has 12 heteroatoms. The van der Waals surface area contributed by atoms with Gasteiger partial charge in [0.05, 0.1) is 28.1 Å². The molecule has 0 aliphatic heterocycles. The van der Waals surface area contributed by atoms with E-state index < -0.39 is 6.04 Å². The van der Waals surface area contributed by atoms with E-state index in [9.17, 15) is 9.59 Å². The molecule has 0 unspecified atom stereocenters. The molecule has 1 atom stereocenters. The molecule has 8 nitrogen and oxygen atoms in total. The molecule has 0 fully saturated rings. The first-order chi connectivity index (χ1) is 17.7. The summed E-state index contributed by atoms with van der Waals surface area (Å²) >= 11 is 14.7. The monoisotopic (exact) mass is 574 g/mol. The molecule has 0 aliphatic carbocycles. The van der Waals surface area contributed by atoms with Crippen molar-refractivity contribution in [2.45, 2.75) is 32.0 Å². The van der Waals surface area contributed by atoms with E-state index in [-0.39, 0.29) is 28.5 Å². The highest BCUT2D eigenvalue weighted by atomic mass is 35.5. The quantitative estimate of drug-likeness (QED) is 0.199. The van der Waals surface area contributed by atoms with E-state index in [1.54, 1.807) is 12.1 Å². The lowest BCUT2D eigenvalue weighted by Crippen LogP contribution is -2.32. The number of nitrogens with one attached hydrogen (secondary N) is 3. The molecule has 3 N–H and O–H groups in total. The Morgan fingerprint density at radius 2 is 1.86 bits per heavy atom. The van der Waals surface area contributed by atoms with Crippen LogP contribution in [0.1, 0.15) is 40.9 Å². The van der Waals surface area contributed by atoms with Crippen LogP contribution in [0.5, 0.6) is 0 Å². The van der Waals surface area contributed by atoms with Crippen LogP contribution in [0.15, 0.2) is 53.7 Å². The van der Waals surface area contributed by atoms with Crippen molar-refractivity contribution >= 4 is 63.2 Å². The number of aryl methyl sites for hydroxylation is 1. The number of aromatic amines is 1. The number of hydrogen-bond acceptors (Lipinski definition) is 7. The summed E-state index contributed by atoms with van der Waals surface area (Å²) in [6, 6.07) is 14.1. The highest BCUT2D eigenvalue weighted by Gasteiger charge is 2.24. The number of nitrogens with zero attached hydrogens (tertiary/aromatic N) is 3. The zero-order chi connectivity index (χ0) is 26.5. The lowest BCUT2D eigenvalue weighted by molar-refractivity contribution is -0.113. The van der Waals surface area contributed by atoms with Crippen molar-refractivity contribution in [3.63, 3.8) is 0 Å². The van der Waals surface area contributed by atoms with Gasteiger partial charge in [0.15, 0.2) is 5.13 Å². The molecule has 37 heavy (non-hydrogen) atoms. The van der Waals surface area contributed by atoms with E-state index in [1.807, 2.05) is 51.1 Å². The Bertz CT molecular complexity index is 1410. The molecule has 192 valence electrons. The maximum Gasteiger partial charge on any atom is 0.253 e. The van der Waals surface area contributed by atoms with Gasteiger partial charge in [-0.1, -0.05) is 79.1 Å². The minimum atomic E-state index is -0.440. The zero-order valence-corrected chi connectivity index (χ0v) is 23.4. The van der Waals surface area contributed by atoms with Crippen LogP contribution in [0.25, 0.3) is 11.3 Å². The number of halogens is 2. The summed E-state index contributed by atoms with van der Waals surface area (Å²) in [5.41, 5.74) is 2.17. The van der Waals surface area contributed by atoms with Crippen molar-refractivity contribution in [1.29, 1.82) is 0 Å². The largest absolute Gasteiger partial charge is 0.342 e. The number of amides is 2. The summed E-state index contributed by atoms with van der Waals surface area (Å²) in [4.78, 5) is 35.4. The van der Waals surface area contributed by atoms with Gasteiger partial charge in [-0.05, 0) is 31.0 Å². The second-order valence-corrected chi connectivity index (χ2v) is 11.4. The van der Waals surface area contributed by atoms with Crippen LogP contribution >= 0.6 is 46.3 Å². The van der Waals surface area contributed by atoms with E-state index in [0.29, 0.717) is 26.7 Å². The molecule has 0 bridgehead atoms. The van der Waals surface area contributed by atoms with Crippen LogP contribution in [0, 0.1) is 12.8 Å². The third-order valence-electron chi connectivity index (χ3n) is 5.33. The Balaban J connectivity index is 1.36. The molecule has 0 saturated heterocycles. The van der Waals surface area contributed by atoms with Crippen LogP contribution in [0.2, 0.25) is 10.0 Å². The first-order valence-electron chi connectivity index (χ1n) is 11.3. The predicted octanol–water partition coefficient (Wildman–Crippen LogP) is 6.40. The lowest BCUT2D eigenvalue weighted by Gasteiger charge is -2.20. The third kappa shape index (κ3) is 6.89. The molecular weight excluding hydrogens is 551 g/mol. The molecule has 2 aromatic heterocycles. The molecule has 0 spiro atoms. The number of thiazole rings is 1. The van der Waals surface area contributed by atoms with Gasteiger partial charge in [-0.2, -0.15) is 0 Å². The highest BCUT2D eigenvalue weighted by molar-refractivity contribution is 7.99. The zero-order valence-electron chi connectivity index (χ0n) is 20.2. The van der Waals surface area contributed by atoms with E-state index in [0.717, 1.165) is 16.1 Å². The van der Waals surface area contributed by atoms with E-state index in [4.69, 9.17) is 23.2 Å². The normalized spacial score (nSPS) is 11.9. The van der Waals surface area contributed by atoms with Gasteiger partial charge in [0.25, 0.3) is 5.91 Å². The maximum atomic E-state index is 12.8. The van der Waals surface area contributed by atoms with Gasteiger partial charge in [0.2, 0.25) is 11.1 Å². The minimum absolute atomic E-state index is 0.0103. The molecule has 2 amide bonds. The Hall–Kier alpha value is -2.92. The van der Waals surface area contributed by atoms with Crippen molar-refractivity contribution in [2.75, 3.05) is 11.1 Å². The molecule has 0 radical (unpaired) electrons. The van der Waals surface area contributed by atoms with Gasteiger partial charge >= 0.3 is 0 Å². The highest BCUT2D eigenvalue weighted by Crippen LogP contribution is 2.30. The van der Waals surface area contributed by atoms with Crippen LogP contribution in [0.3, 0.4) is 0 Å². The van der Waals surface area contributed by atoms with E-state index >= 15 is 0 Å². The first kappa shape index (κ1) is 27.1. The van der Waals surface area contributed by atoms with Crippen LogP contribution in [0.4, 0.5) is 5.13 Å². The summed E-state index contributed by atoms with van der Waals surface area (Å²) in [5, 5.41) is 14.5. The van der Waals surface area contributed by atoms with Crippen molar-refractivity contribution in [1.82, 2.24) is 25.5 Å². The number of benzene rings is 2. The molecule has 2 heterocycles. The maximum absolute atomic E-state index is 12.8. The smallest absolute Gasteiger partial charge is 0.253 e.